The molecule has 1 N–H and O–H groups in total. The number of nitrogens with zero attached hydrogens (tertiary/aromatic N) is 1. The van der Waals surface area contributed by atoms with Crippen LogP contribution in [0.3, 0.4) is 0 Å². The summed E-state index contributed by atoms with van der Waals surface area (Å²) in [4.78, 5) is 2.09. The van der Waals surface area contributed by atoms with Crippen molar-refractivity contribution in [3.05, 3.63) is 96.1 Å². The molecule has 0 saturated carbocycles. The second-order valence-electron chi connectivity index (χ2n) is 5.99. The molecule has 132 valence electrons. The Labute approximate surface area is 160 Å². The summed E-state index contributed by atoms with van der Waals surface area (Å²) in [5, 5.41) is 3.97. The van der Waals surface area contributed by atoms with Crippen LogP contribution < -0.4 is 10.1 Å². The number of hydrogen-bond donors (Lipinski definition) is 1. The third kappa shape index (κ3) is 4.21. The van der Waals surface area contributed by atoms with Crippen LogP contribution in [0.15, 0.2) is 84.9 Å². The highest BCUT2D eigenvalue weighted by Crippen LogP contribution is 2.28. The Morgan fingerprint density at radius 1 is 0.846 bits per heavy atom. The molecule has 3 nitrogen and oxygen atoms in total. The zero-order valence-corrected chi connectivity index (χ0v) is 15.7. The van der Waals surface area contributed by atoms with Crippen molar-refractivity contribution in [2.24, 2.45) is 0 Å². The molecule has 0 amide bonds. The van der Waals surface area contributed by atoms with Crippen molar-refractivity contribution >= 4 is 23.0 Å². The Morgan fingerprint density at radius 2 is 1.35 bits per heavy atom. The molecular weight excluding hydrogens is 340 g/mol. The summed E-state index contributed by atoms with van der Waals surface area (Å²) in [6, 6.07) is 28.6. The van der Waals surface area contributed by atoms with Crippen LogP contribution in [0.4, 0.5) is 5.69 Å². The van der Waals surface area contributed by atoms with Crippen molar-refractivity contribution in [1.82, 2.24) is 4.90 Å². The lowest BCUT2D eigenvalue weighted by atomic mass is 9.98. The first-order valence-electron chi connectivity index (χ1n) is 8.47. The predicted molar refractivity (Wildman–Crippen MR) is 112 cm³/mol. The Kier molecular flexibility index (Phi) is 5.87. The zero-order valence-electron chi connectivity index (χ0n) is 14.9. The molecule has 0 heterocycles. The summed E-state index contributed by atoms with van der Waals surface area (Å²) >= 11 is 5.68. The van der Waals surface area contributed by atoms with Gasteiger partial charge in [-0.3, -0.25) is 0 Å². The topological polar surface area (TPSA) is 24.5 Å². The summed E-state index contributed by atoms with van der Waals surface area (Å²) in [5.41, 5.74) is 3.32. The van der Waals surface area contributed by atoms with Crippen molar-refractivity contribution < 1.29 is 4.74 Å². The van der Waals surface area contributed by atoms with Gasteiger partial charge in [0.05, 0.1) is 13.2 Å². The summed E-state index contributed by atoms with van der Waals surface area (Å²) < 4.78 is 5.20. The number of rotatable bonds is 5. The molecule has 0 bridgehead atoms. The molecule has 0 radical (unpaired) electrons. The van der Waals surface area contributed by atoms with Crippen molar-refractivity contribution in [1.29, 1.82) is 0 Å². The van der Waals surface area contributed by atoms with Gasteiger partial charge in [-0.05, 0) is 47.6 Å². The fraction of sp³-hybridized carbons (Fsp3) is 0.136. The third-order valence-electron chi connectivity index (χ3n) is 4.28. The summed E-state index contributed by atoms with van der Waals surface area (Å²) in [7, 11) is 3.68. The number of thiocarbonyl (C=S) groups is 1. The van der Waals surface area contributed by atoms with Gasteiger partial charge in [0.2, 0.25) is 0 Å². The number of benzene rings is 3. The normalized spacial score (nSPS) is 10.4. The van der Waals surface area contributed by atoms with Crippen LogP contribution >= 0.6 is 12.2 Å². The van der Waals surface area contributed by atoms with E-state index in [1.807, 2.05) is 43.4 Å². The van der Waals surface area contributed by atoms with Gasteiger partial charge in [-0.2, -0.15) is 0 Å². The SMILES string of the molecule is COc1ccc(NC(=S)N(C)C(c2ccccc2)c2ccccc2)cc1. The van der Waals surface area contributed by atoms with E-state index in [-0.39, 0.29) is 6.04 Å². The first-order chi connectivity index (χ1) is 12.7. The molecule has 3 aromatic carbocycles. The smallest absolute Gasteiger partial charge is 0.173 e. The highest BCUT2D eigenvalue weighted by Gasteiger charge is 2.21. The molecule has 3 rings (SSSR count). The molecule has 26 heavy (non-hydrogen) atoms. The van der Waals surface area contributed by atoms with E-state index in [9.17, 15) is 0 Å². The molecule has 0 saturated heterocycles. The molecule has 0 unspecified atom stereocenters. The Hall–Kier alpha value is -2.85. The summed E-state index contributed by atoms with van der Waals surface area (Å²) in [5.74, 6) is 0.821. The van der Waals surface area contributed by atoms with Gasteiger partial charge in [0.15, 0.2) is 5.11 Å². The van der Waals surface area contributed by atoms with Gasteiger partial charge in [-0.15, -0.1) is 0 Å². The molecule has 0 spiro atoms. The first kappa shape index (κ1) is 18.0. The van der Waals surface area contributed by atoms with Gasteiger partial charge < -0.3 is 15.0 Å². The second kappa shape index (κ2) is 8.50. The van der Waals surface area contributed by atoms with Crippen LogP contribution in [-0.2, 0) is 0 Å². The van der Waals surface area contributed by atoms with Crippen LogP contribution in [0.5, 0.6) is 5.75 Å². The van der Waals surface area contributed by atoms with E-state index in [0.29, 0.717) is 5.11 Å². The van der Waals surface area contributed by atoms with Gasteiger partial charge in [0, 0.05) is 12.7 Å². The van der Waals surface area contributed by atoms with Crippen LogP contribution in [0, 0.1) is 0 Å². The molecule has 0 aliphatic heterocycles. The lowest BCUT2D eigenvalue weighted by Crippen LogP contribution is -2.35. The fourth-order valence-corrected chi connectivity index (χ4v) is 3.14. The molecule has 0 aliphatic rings. The number of nitrogens with one attached hydrogen (secondary N) is 1. The molecular formula is C22H22N2OS. The number of methoxy groups -OCH3 is 1. The standard InChI is InChI=1S/C22H22N2OS/c1-24(22(26)23-19-13-15-20(25-2)16-14-19)21(17-9-5-3-6-10-17)18-11-7-4-8-12-18/h3-16,21H,1-2H3,(H,23,26). The fourth-order valence-electron chi connectivity index (χ4n) is 2.91. The molecule has 0 aromatic heterocycles. The lowest BCUT2D eigenvalue weighted by Gasteiger charge is -2.31. The molecule has 0 aliphatic carbocycles. The molecule has 4 heteroatoms. The molecule has 0 atom stereocenters. The maximum atomic E-state index is 5.68. The number of anilines is 1. The van der Waals surface area contributed by atoms with Crippen molar-refractivity contribution in [3.8, 4) is 5.75 Å². The van der Waals surface area contributed by atoms with E-state index >= 15 is 0 Å². The van der Waals surface area contributed by atoms with Crippen molar-refractivity contribution in [2.75, 3.05) is 19.5 Å². The zero-order chi connectivity index (χ0) is 18.4. The van der Waals surface area contributed by atoms with E-state index in [4.69, 9.17) is 17.0 Å². The highest BCUT2D eigenvalue weighted by atomic mass is 32.1. The van der Waals surface area contributed by atoms with Crippen LogP contribution in [0.1, 0.15) is 17.2 Å². The van der Waals surface area contributed by atoms with Gasteiger partial charge >= 0.3 is 0 Å². The average Bonchev–Trinajstić information content (AvgIpc) is 2.70. The van der Waals surface area contributed by atoms with E-state index in [1.165, 1.54) is 11.1 Å². The van der Waals surface area contributed by atoms with Crippen LogP contribution in [0.25, 0.3) is 0 Å². The first-order valence-corrected chi connectivity index (χ1v) is 8.87. The van der Waals surface area contributed by atoms with E-state index in [0.717, 1.165) is 11.4 Å². The van der Waals surface area contributed by atoms with E-state index in [1.54, 1.807) is 7.11 Å². The van der Waals surface area contributed by atoms with Crippen LogP contribution in [0.2, 0.25) is 0 Å². The number of hydrogen-bond acceptors (Lipinski definition) is 2. The summed E-state index contributed by atoms with van der Waals surface area (Å²) in [6.07, 6.45) is 0. The third-order valence-corrected chi connectivity index (χ3v) is 4.67. The van der Waals surface area contributed by atoms with Crippen molar-refractivity contribution in [2.45, 2.75) is 6.04 Å². The van der Waals surface area contributed by atoms with E-state index in [2.05, 4.69) is 58.7 Å². The largest absolute Gasteiger partial charge is 0.497 e. The van der Waals surface area contributed by atoms with Crippen molar-refractivity contribution in [3.63, 3.8) is 0 Å². The predicted octanol–water partition coefficient (Wildman–Crippen LogP) is 5.11. The Morgan fingerprint density at radius 3 is 1.81 bits per heavy atom. The quantitative estimate of drug-likeness (QED) is 0.637. The minimum atomic E-state index is 0.0376. The highest BCUT2D eigenvalue weighted by molar-refractivity contribution is 7.80. The van der Waals surface area contributed by atoms with Gasteiger partial charge in [-0.1, -0.05) is 60.7 Å². The number of ether oxygens (including phenoxy) is 1. The molecule has 3 aromatic rings. The monoisotopic (exact) mass is 362 g/mol. The Bertz CT molecular complexity index is 796. The second-order valence-corrected chi connectivity index (χ2v) is 6.38. The van der Waals surface area contributed by atoms with Crippen LogP contribution in [-0.4, -0.2) is 24.2 Å². The Balaban J connectivity index is 1.84. The minimum absolute atomic E-state index is 0.0376. The van der Waals surface area contributed by atoms with Gasteiger partial charge in [-0.25, -0.2) is 0 Å². The van der Waals surface area contributed by atoms with Gasteiger partial charge in [0.25, 0.3) is 0 Å². The molecule has 0 fully saturated rings. The minimum Gasteiger partial charge on any atom is -0.497 e. The average molecular weight is 362 g/mol. The van der Waals surface area contributed by atoms with E-state index < -0.39 is 0 Å². The maximum Gasteiger partial charge on any atom is 0.173 e. The summed E-state index contributed by atoms with van der Waals surface area (Å²) in [6.45, 7) is 0. The van der Waals surface area contributed by atoms with Gasteiger partial charge in [0.1, 0.15) is 5.75 Å². The lowest BCUT2D eigenvalue weighted by molar-refractivity contribution is 0.415. The maximum absolute atomic E-state index is 5.68.